The predicted molar refractivity (Wildman–Crippen MR) is 95.6 cm³/mol. The summed E-state index contributed by atoms with van der Waals surface area (Å²) in [6, 6.07) is 5.39. The molecule has 1 aromatic carbocycles. The van der Waals surface area contributed by atoms with E-state index < -0.39 is 10.8 Å². The van der Waals surface area contributed by atoms with Crippen LogP contribution in [-0.2, 0) is 16.6 Å². The van der Waals surface area contributed by atoms with Crippen LogP contribution in [-0.4, -0.2) is 33.9 Å². The summed E-state index contributed by atoms with van der Waals surface area (Å²) in [6.45, 7) is 3.85. The van der Waals surface area contributed by atoms with Gasteiger partial charge in [0.25, 0.3) is 0 Å². The maximum absolute atomic E-state index is 12.6. The van der Waals surface area contributed by atoms with Crippen molar-refractivity contribution in [1.29, 1.82) is 0 Å². The van der Waals surface area contributed by atoms with E-state index in [-0.39, 0.29) is 40.8 Å². The van der Waals surface area contributed by atoms with Crippen molar-refractivity contribution >= 4 is 21.8 Å². The standard InChI is InChI=1S/C17H18N3O3S.Na.H2O/c1-10-8-18-15(11(2)16(10)23-4)9-24(21)17-19-13-6-5-12(22-3)7-14(13)20-17;;/h5-8H,9H2,1-4H3;;1H2/q-1;+1;/t24-;;/m0../s1. The summed E-state index contributed by atoms with van der Waals surface area (Å²) in [5.41, 5.74) is 3.94. The summed E-state index contributed by atoms with van der Waals surface area (Å²) in [5.74, 6) is 1.71. The van der Waals surface area contributed by atoms with Gasteiger partial charge in [-0.25, -0.2) is 0 Å². The molecule has 3 rings (SSSR count). The van der Waals surface area contributed by atoms with Gasteiger partial charge in [0.15, 0.2) is 0 Å². The van der Waals surface area contributed by atoms with Crippen molar-refractivity contribution in [2.45, 2.75) is 24.8 Å². The van der Waals surface area contributed by atoms with Gasteiger partial charge >= 0.3 is 29.6 Å². The first-order valence-corrected chi connectivity index (χ1v) is 8.71. The quantitative estimate of drug-likeness (QED) is 0.506. The molecule has 0 unspecified atom stereocenters. The Labute approximate surface area is 176 Å². The number of aryl methyl sites for hydroxylation is 1. The Morgan fingerprint density at radius 2 is 1.92 bits per heavy atom. The smallest absolute Gasteiger partial charge is 0.497 e. The first-order valence-electron chi connectivity index (χ1n) is 7.39. The number of hydrogen-bond acceptors (Lipinski definition) is 5. The molecule has 134 valence electrons. The molecule has 0 radical (unpaired) electrons. The number of aromatic nitrogens is 3. The Kier molecular flexibility index (Phi) is 8.23. The van der Waals surface area contributed by atoms with Crippen LogP contribution in [0.5, 0.6) is 11.5 Å². The predicted octanol–water partition coefficient (Wildman–Crippen LogP) is -1.29. The van der Waals surface area contributed by atoms with E-state index in [0.29, 0.717) is 21.9 Å². The van der Waals surface area contributed by atoms with Crippen LogP contribution in [0.3, 0.4) is 0 Å². The minimum Gasteiger partial charge on any atom is -0.497 e. The second-order valence-corrected chi connectivity index (χ2v) is 6.74. The Balaban J connectivity index is 0.00000169. The van der Waals surface area contributed by atoms with E-state index in [2.05, 4.69) is 15.0 Å². The Morgan fingerprint density at radius 3 is 2.58 bits per heavy atom. The topological polar surface area (TPSA) is 107 Å². The zero-order valence-electron chi connectivity index (χ0n) is 15.5. The molecule has 0 bridgehead atoms. The molecule has 2 heterocycles. The molecular formula is C17H20N3NaO4S. The molecule has 3 aromatic rings. The van der Waals surface area contributed by atoms with Crippen molar-refractivity contribution in [2.24, 2.45) is 0 Å². The Morgan fingerprint density at radius 1 is 1.19 bits per heavy atom. The van der Waals surface area contributed by atoms with Gasteiger partial charge in [0.05, 0.1) is 36.5 Å². The van der Waals surface area contributed by atoms with E-state index in [9.17, 15) is 4.21 Å². The van der Waals surface area contributed by atoms with Crippen LogP contribution in [0.4, 0.5) is 0 Å². The van der Waals surface area contributed by atoms with Gasteiger partial charge in [-0.1, -0.05) is 6.07 Å². The number of pyridine rings is 1. The number of benzene rings is 1. The summed E-state index contributed by atoms with van der Waals surface area (Å²) < 4.78 is 23.2. The molecule has 0 fully saturated rings. The van der Waals surface area contributed by atoms with E-state index in [1.165, 1.54) is 0 Å². The minimum absolute atomic E-state index is 0. The van der Waals surface area contributed by atoms with E-state index in [4.69, 9.17) is 9.47 Å². The molecule has 0 saturated heterocycles. The van der Waals surface area contributed by atoms with Gasteiger partial charge in [-0.3, -0.25) is 9.19 Å². The molecule has 1 atom stereocenters. The van der Waals surface area contributed by atoms with Gasteiger partial charge in [0.1, 0.15) is 11.5 Å². The van der Waals surface area contributed by atoms with Crippen molar-refractivity contribution in [1.82, 2.24) is 15.0 Å². The third-order valence-corrected chi connectivity index (χ3v) is 4.96. The number of rotatable bonds is 5. The molecule has 26 heavy (non-hydrogen) atoms. The molecule has 7 nitrogen and oxygen atoms in total. The normalized spacial score (nSPS) is 11.4. The van der Waals surface area contributed by atoms with E-state index in [1.807, 2.05) is 13.8 Å². The van der Waals surface area contributed by atoms with Crippen LogP contribution >= 0.6 is 0 Å². The van der Waals surface area contributed by atoms with E-state index in [0.717, 1.165) is 22.6 Å². The maximum atomic E-state index is 12.6. The maximum Gasteiger partial charge on any atom is 1.00 e. The van der Waals surface area contributed by atoms with Gasteiger partial charge in [-0.05, 0) is 37.0 Å². The largest absolute Gasteiger partial charge is 1.00 e. The third-order valence-electron chi connectivity index (χ3n) is 3.84. The van der Waals surface area contributed by atoms with E-state index in [1.54, 1.807) is 38.6 Å². The van der Waals surface area contributed by atoms with Crippen LogP contribution < -0.4 is 44.0 Å². The number of methoxy groups -OCH3 is 2. The SMILES string of the molecule is COc1ccc2[n-]c([S@@](=O)Cc3ncc(C)c(OC)c3C)nc2c1.O.[Na+]. The molecule has 0 spiro atoms. The molecule has 0 aliphatic heterocycles. The summed E-state index contributed by atoms with van der Waals surface area (Å²) in [6.07, 6.45) is 1.73. The fraction of sp³-hybridized carbons (Fsp3) is 0.294. The molecule has 0 aliphatic rings. The van der Waals surface area contributed by atoms with Gasteiger partial charge in [-0.2, -0.15) is 0 Å². The molecule has 0 saturated carbocycles. The molecule has 9 heteroatoms. The summed E-state index contributed by atoms with van der Waals surface area (Å²) in [7, 11) is 1.83. The van der Waals surface area contributed by atoms with E-state index >= 15 is 0 Å². The summed E-state index contributed by atoms with van der Waals surface area (Å²) in [4.78, 5) is 13.1. The second kappa shape index (κ2) is 9.48. The monoisotopic (exact) mass is 385 g/mol. The Bertz CT molecular complexity index is 930. The average molecular weight is 385 g/mol. The second-order valence-electron chi connectivity index (χ2n) is 5.40. The number of ether oxygens (including phenoxy) is 2. The van der Waals surface area contributed by atoms with Crippen LogP contribution in [0, 0.1) is 13.8 Å². The van der Waals surface area contributed by atoms with Gasteiger partial charge in [0.2, 0.25) is 0 Å². The summed E-state index contributed by atoms with van der Waals surface area (Å²) in [5, 5.41) is 0.305. The Hall–Kier alpha value is -1.45. The van der Waals surface area contributed by atoms with Crippen LogP contribution in [0.2, 0.25) is 0 Å². The average Bonchev–Trinajstić information content (AvgIpc) is 3.01. The summed E-state index contributed by atoms with van der Waals surface area (Å²) >= 11 is 0. The van der Waals surface area contributed by atoms with Gasteiger partial charge < -0.3 is 24.9 Å². The zero-order valence-corrected chi connectivity index (χ0v) is 18.3. The van der Waals surface area contributed by atoms with Crippen LogP contribution in [0.1, 0.15) is 16.8 Å². The molecule has 0 amide bonds. The first-order chi connectivity index (χ1) is 11.5. The zero-order chi connectivity index (χ0) is 17.3. The van der Waals surface area contributed by atoms with Crippen molar-refractivity contribution < 1.29 is 48.7 Å². The van der Waals surface area contributed by atoms with Gasteiger partial charge in [0, 0.05) is 22.5 Å². The van der Waals surface area contributed by atoms with Crippen molar-refractivity contribution in [2.75, 3.05) is 14.2 Å². The molecule has 2 N–H and O–H groups in total. The number of fused-ring (bicyclic) bond motifs is 1. The van der Waals surface area contributed by atoms with Crippen molar-refractivity contribution in [3.63, 3.8) is 0 Å². The number of hydrogen-bond donors (Lipinski definition) is 0. The third kappa shape index (κ3) is 4.44. The molecule has 2 aromatic heterocycles. The minimum atomic E-state index is -1.38. The fourth-order valence-corrected chi connectivity index (χ4v) is 3.62. The first kappa shape index (κ1) is 22.6. The number of imidazole rings is 1. The fourth-order valence-electron chi connectivity index (χ4n) is 2.55. The van der Waals surface area contributed by atoms with Crippen LogP contribution in [0.25, 0.3) is 11.0 Å². The molecular weight excluding hydrogens is 365 g/mol. The van der Waals surface area contributed by atoms with Crippen molar-refractivity contribution in [3.05, 3.63) is 41.2 Å². The van der Waals surface area contributed by atoms with Crippen molar-refractivity contribution in [3.8, 4) is 11.5 Å². The number of nitrogens with zero attached hydrogens (tertiary/aromatic N) is 3. The molecule has 0 aliphatic carbocycles. The van der Waals surface area contributed by atoms with Gasteiger partial charge in [-0.15, -0.1) is 0 Å². The van der Waals surface area contributed by atoms with Crippen LogP contribution in [0.15, 0.2) is 29.6 Å².